The number of halogens is 1. The minimum absolute atomic E-state index is 0.395. The predicted octanol–water partition coefficient (Wildman–Crippen LogP) is 5.13. The Morgan fingerprint density at radius 3 is 2.76 bits per heavy atom. The summed E-state index contributed by atoms with van der Waals surface area (Å²) in [6, 6.07) is 7.91. The van der Waals surface area contributed by atoms with Crippen molar-refractivity contribution in [3.05, 3.63) is 28.2 Å². The van der Waals surface area contributed by atoms with Gasteiger partial charge in [0.05, 0.1) is 0 Å². The molecule has 1 aliphatic heterocycles. The molecule has 1 aromatic carbocycles. The quantitative estimate of drug-likeness (QED) is 0.789. The number of nitrogens with one attached hydrogen (secondary N) is 1. The fourth-order valence-corrected chi connectivity index (χ4v) is 3.88. The van der Waals surface area contributed by atoms with Gasteiger partial charge in [-0.05, 0) is 63.3 Å². The molecule has 1 fully saturated rings. The summed E-state index contributed by atoms with van der Waals surface area (Å²) in [4.78, 5) is 2.56. The van der Waals surface area contributed by atoms with E-state index in [9.17, 15) is 0 Å². The van der Waals surface area contributed by atoms with Crippen molar-refractivity contribution in [2.75, 3.05) is 18.0 Å². The zero-order valence-corrected chi connectivity index (χ0v) is 15.4. The molecule has 3 heteroatoms. The second-order valence-corrected chi connectivity index (χ2v) is 7.42. The molecule has 0 saturated carbocycles. The number of benzene rings is 1. The first-order chi connectivity index (χ1) is 10.0. The summed E-state index contributed by atoms with van der Waals surface area (Å²) in [6.07, 6.45) is 3.83. The fourth-order valence-electron chi connectivity index (χ4n) is 3.17. The van der Waals surface area contributed by atoms with E-state index >= 15 is 0 Å². The van der Waals surface area contributed by atoms with Crippen LogP contribution >= 0.6 is 15.9 Å². The predicted molar refractivity (Wildman–Crippen MR) is 96.1 cm³/mol. The third-order valence-electron chi connectivity index (χ3n) is 4.60. The van der Waals surface area contributed by atoms with Crippen molar-refractivity contribution in [1.29, 1.82) is 0 Å². The van der Waals surface area contributed by atoms with E-state index in [-0.39, 0.29) is 0 Å². The number of hydrogen-bond donors (Lipinski definition) is 1. The molecule has 0 spiro atoms. The number of hydrogen-bond acceptors (Lipinski definition) is 2. The summed E-state index contributed by atoms with van der Waals surface area (Å²) in [7, 11) is 0. The number of anilines is 1. The lowest BCUT2D eigenvalue weighted by Crippen LogP contribution is -2.41. The molecule has 1 heterocycles. The Labute approximate surface area is 138 Å². The van der Waals surface area contributed by atoms with E-state index in [2.05, 4.69) is 72.0 Å². The van der Waals surface area contributed by atoms with Gasteiger partial charge in [-0.1, -0.05) is 35.8 Å². The standard InChI is InChI=1S/C18H29BrN2/c1-5-10-20-15(4)17-9-8-16(11-18(17)19)21-12-13(2)6-7-14(21)3/h8-9,11,13-15,20H,5-7,10,12H2,1-4H3. The van der Waals surface area contributed by atoms with E-state index in [1.54, 1.807) is 0 Å². The summed E-state index contributed by atoms with van der Waals surface area (Å²) in [5, 5.41) is 3.56. The van der Waals surface area contributed by atoms with Gasteiger partial charge in [-0.15, -0.1) is 0 Å². The van der Waals surface area contributed by atoms with Crippen LogP contribution in [0.3, 0.4) is 0 Å². The monoisotopic (exact) mass is 352 g/mol. The number of rotatable bonds is 5. The topological polar surface area (TPSA) is 15.3 Å². The van der Waals surface area contributed by atoms with Gasteiger partial charge < -0.3 is 10.2 Å². The van der Waals surface area contributed by atoms with Gasteiger partial charge >= 0.3 is 0 Å². The van der Waals surface area contributed by atoms with Crippen LogP contribution < -0.4 is 10.2 Å². The summed E-state index contributed by atoms with van der Waals surface area (Å²) in [5.74, 6) is 0.796. The van der Waals surface area contributed by atoms with Crippen molar-refractivity contribution in [3.8, 4) is 0 Å². The van der Waals surface area contributed by atoms with Crippen molar-refractivity contribution >= 4 is 21.6 Å². The molecular formula is C18H29BrN2. The normalized spacial score (nSPS) is 24.1. The van der Waals surface area contributed by atoms with Crippen molar-refractivity contribution in [1.82, 2.24) is 5.32 Å². The molecule has 0 aromatic heterocycles. The molecule has 3 unspecified atom stereocenters. The molecule has 2 rings (SSSR count). The van der Waals surface area contributed by atoms with Crippen LogP contribution in [0.2, 0.25) is 0 Å². The Bertz CT molecular complexity index is 461. The van der Waals surface area contributed by atoms with Gasteiger partial charge in [0.2, 0.25) is 0 Å². The highest BCUT2D eigenvalue weighted by molar-refractivity contribution is 9.10. The van der Waals surface area contributed by atoms with Gasteiger partial charge in [-0.2, -0.15) is 0 Å². The minimum Gasteiger partial charge on any atom is -0.369 e. The van der Waals surface area contributed by atoms with E-state index in [0.717, 1.165) is 12.5 Å². The van der Waals surface area contributed by atoms with Gasteiger partial charge in [0.1, 0.15) is 0 Å². The van der Waals surface area contributed by atoms with Crippen molar-refractivity contribution in [3.63, 3.8) is 0 Å². The first kappa shape index (κ1) is 16.8. The average molecular weight is 353 g/mol. The van der Waals surface area contributed by atoms with Crippen molar-refractivity contribution < 1.29 is 0 Å². The van der Waals surface area contributed by atoms with Gasteiger partial charge in [0, 0.05) is 28.8 Å². The SMILES string of the molecule is CCCNC(C)c1ccc(N2CC(C)CCC2C)cc1Br. The van der Waals surface area contributed by atoms with Crippen LogP contribution in [0.25, 0.3) is 0 Å². The maximum atomic E-state index is 3.77. The molecule has 3 atom stereocenters. The lowest BCUT2D eigenvalue weighted by molar-refractivity contribution is 0.390. The summed E-state index contributed by atoms with van der Waals surface area (Å²) < 4.78 is 1.22. The third kappa shape index (κ3) is 4.23. The zero-order valence-electron chi connectivity index (χ0n) is 13.8. The molecule has 1 aromatic rings. The number of nitrogens with zero attached hydrogens (tertiary/aromatic N) is 1. The highest BCUT2D eigenvalue weighted by Gasteiger charge is 2.23. The van der Waals surface area contributed by atoms with E-state index in [4.69, 9.17) is 0 Å². The summed E-state index contributed by atoms with van der Waals surface area (Å²) in [6.45, 7) is 11.4. The molecule has 0 radical (unpaired) electrons. The van der Waals surface area contributed by atoms with Crippen LogP contribution in [-0.2, 0) is 0 Å². The Hall–Kier alpha value is -0.540. The Balaban J connectivity index is 2.14. The first-order valence-corrected chi connectivity index (χ1v) is 9.11. The highest BCUT2D eigenvalue weighted by atomic mass is 79.9. The van der Waals surface area contributed by atoms with Crippen LogP contribution in [0.15, 0.2) is 22.7 Å². The maximum Gasteiger partial charge on any atom is 0.0380 e. The van der Waals surface area contributed by atoms with Gasteiger partial charge in [0.15, 0.2) is 0 Å². The van der Waals surface area contributed by atoms with Crippen LogP contribution in [0.1, 0.15) is 58.6 Å². The molecular weight excluding hydrogens is 324 g/mol. The second-order valence-electron chi connectivity index (χ2n) is 6.57. The van der Waals surface area contributed by atoms with Gasteiger partial charge in [-0.3, -0.25) is 0 Å². The van der Waals surface area contributed by atoms with E-state index < -0.39 is 0 Å². The Kier molecular flexibility index (Phi) is 6.12. The summed E-state index contributed by atoms with van der Waals surface area (Å²) in [5.41, 5.74) is 2.71. The Morgan fingerprint density at radius 2 is 2.10 bits per heavy atom. The van der Waals surface area contributed by atoms with E-state index in [0.29, 0.717) is 12.1 Å². The molecule has 118 valence electrons. The van der Waals surface area contributed by atoms with Gasteiger partial charge in [0.25, 0.3) is 0 Å². The van der Waals surface area contributed by atoms with Crippen molar-refractivity contribution in [2.45, 2.75) is 59.0 Å². The molecule has 2 nitrogen and oxygen atoms in total. The van der Waals surface area contributed by atoms with E-state index in [1.165, 1.54) is 41.5 Å². The van der Waals surface area contributed by atoms with Gasteiger partial charge in [-0.25, -0.2) is 0 Å². The smallest absolute Gasteiger partial charge is 0.0380 e. The molecule has 1 N–H and O–H groups in total. The maximum absolute atomic E-state index is 3.77. The average Bonchev–Trinajstić information content (AvgIpc) is 2.47. The number of piperidine rings is 1. The second kappa shape index (κ2) is 7.64. The van der Waals surface area contributed by atoms with Crippen LogP contribution in [0.5, 0.6) is 0 Å². The third-order valence-corrected chi connectivity index (χ3v) is 5.29. The zero-order chi connectivity index (χ0) is 15.4. The lowest BCUT2D eigenvalue weighted by Gasteiger charge is -2.39. The lowest BCUT2D eigenvalue weighted by atomic mass is 9.94. The minimum atomic E-state index is 0.395. The highest BCUT2D eigenvalue weighted by Crippen LogP contribution is 2.32. The molecule has 0 amide bonds. The van der Waals surface area contributed by atoms with Crippen LogP contribution in [-0.4, -0.2) is 19.1 Å². The first-order valence-electron chi connectivity index (χ1n) is 8.32. The molecule has 1 aliphatic rings. The van der Waals surface area contributed by atoms with Crippen LogP contribution in [0.4, 0.5) is 5.69 Å². The molecule has 0 aliphatic carbocycles. The summed E-state index contributed by atoms with van der Waals surface area (Å²) >= 11 is 3.77. The molecule has 0 bridgehead atoms. The molecule has 1 saturated heterocycles. The van der Waals surface area contributed by atoms with Crippen molar-refractivity contribution in [2.24, 2.45) is 5.92 Å². The largest absolute Gasteiger partial charge is 0.369 e. The molecule has 21 heavy (non-hydrogen) atoms. The Morgan fingerprint density at radius 1 is 1.33 bits per heavy atom. The van der Waals surface area contributed by atoms with E-state index in [1.807, 2.05) is 0 Å². The van der Waals surface area contributed by atoms with Crippen LogP contribution in [0, 0.1) is 5.92 Å². The fraction of sp³-hybridized carbons (Fsp3) is 0.667.